The van der Waals surface area contributed by atoms with E-state index >= 15 is 0 Å². The Morgan fingerprint density at radius 1 is 1.28 bits per heavy atom. The number of hydrogen-bond donors (Lipinski definition) is 1. The molecule has 96 valence electrons. The molecule has 0 aliphatic rings. The summed E-state index contributed by atoms with van der Waals surface area (Å²) in [6.07, 6.45) is -3.03. The zero-order valence-electron chi connectivity index (χ0n) is 9.57. The zero-order chi connectivity index (χ0) is 13.3. The summed E-state index contributed by atoms with van der Waals surface area (Å²) in [7, 11) is 1.58. The number of aryl methyl sites for hydroxylation is 1. The molecule has 0 saturated carbocycles. The van der Waals surface area contributed by atoms with Gasteiger partial charge in [-0.2, -0.15) is 18.3 Å². The molecule has 0 aliphatic heterocycles. The van der Waals surface area contributed by atoms with E-state index in [9.17, 15) is 13.2 Å². The highest BCUT2D eigenvalue weighted by Crippen LogP contribution is 2.37. The van der Waals surface area contributed by atoms with Gasteiger partial charge in [0.25, 0.3) is 0 Å². The van der Waals surface area contributed by atoms with Crippen LogP contribution in [0.4, 0.5) is 13.2 Å². The van der Waals surface area contributed by atoms with E-state index in [2.05, 4.69) is 5.10 Å². The lowest BCUT2D eigenvalue weighted by Gasteiger charge is -2.14. The first kappa shape index (κ1) is 12.6. The topological polar surface area (TPSA) is 38.0 Å². The number of alkyl halides is 3. The van der Waals surface area contributed by atoms with Crippen molar-refractivity contribution in [2.45, 2.75) is 12.8 Å². The van der Waals surface area contributed by atoms with Crippen molar-refractivity contribution in [3.05, 3.63) is 41.6 Å². The zero-order valence-corrected chi connectivity index (χ0v) is 9.57. The van der Waals surface area contributed by atoms with Crippen LogP contribution in [0.2, 0.25) is 0 Å². The van der Waals surface area contributed by atoms with Crippen molar-refractivity contribution < 1.29 is 18.3 Å². The summed E-state index contributed by atoms with van der Waals surface area (Å²) in [5.41, 5.74) is -0.0996. The summed E-state index contributed by atoms with van der Waals surface area (Å²) in [4.78, 5) is 0. The Hall–Kier alpha value is -1.82. The van der Waals surface area contributed by atoms with E-state index in [1.165, 1.54) is 29.1 Å². The fourth-order valence-electron chi connectivity index (χ4n) is 1.79. The molecule has 1 heterocycles. The molecule has 6 heteroatoms. The van der Waals surface area contributed by atoms with Gasteiger partial charge < -0.3 is 5.11 Å². The van der Waals surface area contributed by atoms with Gasteiger partial charge in [-0.15, -0.1) is 0 Å². The van der Waals surface area contributed by atoms with Gasteiger partial charge in [0.1, 0.15) is 0 Å². The Kier molecular flexibility index (Phi) is 3.13. The third kappa shape index (κ3) is 2.24. The average molecular weight is 256 g/mol. The maximum Gasteiger partial charge on any atom is 0.417 e. The highest BCUT2D eigenvalue weighted by Gasteiger charge is 2.34. The molecule has 0 fully saturated rings. The molecule has 0 radical (unpaired) electrons. The molecular weight excluding hydrogens is 245 g/mol. The van der Waals surface area contributed by atoms with Gasteiger partial charge in [-0.3, -0.25) is 4.68 Å². The van der Waals surface area contributed by atoms with Crippen LogP contribution in [0.15, 0.2) is 30.5 Å². The van der Waals surface area contributed by atoms with E-state index in [1.807, 2.05) is 0 Å². The lowest BCUT2D eigenvalue weighted by atomic mass is 10.0. The molecule has 0 aliphatic carbocycles. The molecule has 2 rings (SSSR count). The number of benzene rings is 1. The van der Waals surface area contributed by atoms with Crippen LogP contribution in [-0.2, 0) is 19.8 Å². The molecule has 1 N–H and O–H groups in total. The maximum absolute atomic E-state index is 13.0. The average Bonchev–Trinajstić information content (AvgIpc) is 2.73. The third-order valence-electron chi connectivity index (χ3n) is 2.67. The first-order valence-electron chi connectivity index (χ1n) is 5.23. The van der Waals surface area contributed by atoms with Crippen molar-refractivity contribution in [2.24, 2.45) is 7.05 Å². The second kappa shape index (κ2) is 4.45. The summed E-state index contributed by atoms with van der Waals surface area (Å²) in [6.45, 7) is -0.422. The summed E-state index contributed by atoms with van der Waals surface area (Å²) in [5.74, 6) is 0. The van der Waals surface area contributed by atoms with Crippen molar-refractivity contribution >= 4 is 0 Å². The highest BCUT2D eigenvalue weighted by atomic mass is 19.4. The Labute approximate surface area is 101 Å². The highest BCUT2D eigenvalue weighted by molar-refractivity contribution is 5.65. The van der Waals surface area contributed by atoms with Gasteiger partial charge in [0, 0.05) is 18.8 Å². The van der Waals surface area contributed by atoms with Crippen LogP contribution in [0.1, 0.15) is 11.1 Å². The SMILES string of the molecule is Cn1nccc1-c1ccc(CO)cc1C(F)(F)F. The molecule has 0 unspecified atom stereocenters. The molecule has 0 bridgehead atoms. The monoisotopic (exact) mass is 256 g/mol. The summed E-state index contributed by atoms with van der Waals surface area (Å²) in [6, 6.07) is 5.30. The summed E-state index contributed by atoms with van der Waals surface area (Å²) in [5, 5.41) is 12.8. The molecule has 3 nitrogen and oxygen atoms in total. The van der Waals surface area contributed by atoms with E-state index in [1.54, 1.807) is 7.05 Å². The largest absolute Gasteiger partial charge is 0.417 e. The van der Waals surface area contributed by atoms with E-state index in [4.69, 9.17) is 5.11 Å². The summed E-state index contributed by atoms with van der Waals surface area (Å²) >= 11 is 0. The number of rotatable bonds is 2. The molecule has 18 heavy (non-hydrogen) atoms. The minimum absolute atomic E-state index is 0.0553. The van der Waals surface area contributed by atoms with Crippen LogP contribution in [-0.4, -0.2) is 14.9 Å². The fourth-order valence-corrected chi connectivity index (χ4v) is 1.79. The quantitative estimate of drug-likeness (QED) is 0.896. The minimum atomic E-state index is -4.47. The van der Waals surface area contributed by atoms with Gasteiger partial charge >= 0.3 is 6.18 Å². The van der Waals surface area contributed by atoms with Gasteiger partial charge in [-0.1, -0.05) is 12.1 Å². The Balaban J connectivity index is 2.64. The Bertz CT molecular complexity index is 561. The van der Waals surface area contributed by atoms with Gasteiger partial charge in [0.05, 0.1) is 17.9 Å². The van der Waals surface area contributed by atoms with Gasteiger partial charge in [0.15, 0.2) is 0 Å². The lowest BCUT2D eigenvalue weighted by molar-refractivity contribution is -0.137. The van der Waals surface area contributed by atoms with Crippen LogP contribution in [0.5, 0.6) is 0 Å². The first-order chi connectivity index (χ1) is 8.43. The van der Waals surface area contributed by atoms with Gasteiger partial charge in [-0.25, -0.2) is 0 Å². The standard InChI is InChI=1S/C12H11F3N2O/c1-17-11(4-5-16-17)9-3-2-8(7-18)6-10(9)12(13,14)15/h2-6,18H,7H2,1H3. The van der Waals surface area contributed by atoms with E-state index in [-0.39, 0.29) is 11.1 Å². The normalized spacial score (nSPS) is 11.8. The Morgan fingerprint density at radius 2 is 2.00 bits per heavy atom. The number of nitrogens with zero attached hydrogens (tertiary/aromatic N) is 2. The molecule has 0 saturated heterocycles. The number of aliphatic hydroxyl groups is 1. The fraction of sp³-hybridized carbons (Fsp3) is 0.250. The second-order valence-electron chi connectivity index (χ2n) is 3.88. The smallest absolute Gasteiger partial charge is 0.392 e. The predicted octanol–water partition coefficient (Wildman–Crippen LogP) is 2.60. The van der Waals surface area contributed by atoms with Crippen molar-refractivity contribution in [1.82, 2.24) is 9.78 Å². The second-order valence-corrected chi connectivity index (χ2v) is 3.88. The van der Waals surface area contributed by atoms with E-state index in [0.29, 0.717) is 5.69 Å². The van der Waals surface area contributed by atoms with E-state index in [0.717, 1.165) is 6.07 Å². The van der Waals surface area contributed by atoms with E-state index < -0.39 is 18.3 Å². The molecule has 1 aromatic heterocycles. The minimum Gasteiger partial charge on any atom is -0.392 e. The van der Waals surface area contributed by atoms with Crippen molar-refractivity contribution in [3.8, 4) is 11.3 Å². The van der Waals surface area contributed by atoms with Crippen molar-refractivity contribution in [1.29, 1.82) is 0 Å². The molecule has 1 aromatic carbocycles. The third-order valence-corrected chi connectivity index (χ3v) is 2.67. The lowest BCUT2D eigenvalue weighted by Crippen LogP contribution is -2.09. The molecular formula is C12H11F3N2O. The van der Waals surface area contributed by atoms with Gasteiger partial charge in [-0.05, 0) is 17.7 Å². The van der Waals surface area contributed by atoms with Crippen molar-refractivity contribution in [3.63, 3.8) is 0 Å². The number of hydrogen-bond acceptors (Lipinski definition) is 2. The molecule has 0 atom stereocenters. The molecule has 0 spiro atoms. The molecule has 2 aromatic rings. The van der Waals surface area contributed by atoms with Gasteiger partial charge in [0.2, 0.25) is 0 Å². The number of aromatic nitrogens is 2. The van der Waals surface area contributed by atoms with Crippen molar-refractivity contribution in [2.75, 3.05) is 0 Å². The van der Waals surface area contributed by atoms with Crippen LogP contribution in [0.3, 0.4) is 0 Å². The maximum atomic E-state index is 13.0. The number of halogens is 3. The molecule has 0 amide bonds. The van der Waals surface area contributed by atoms with Crippen LogP contribution in [0.25, 0.3) is 11.3 Å². The van der Waals surface area contributed by atoms with Crippen LogP contribution >= 0.6 is 0 Å². The first-order valence-corrected chi connectivity index (χ1v) is 5.23. The van der Waals surface area contributed by atoms with Crippen LogP contribution in [0, 0.1) is 0 Å². The predicted molar refractivity (Wildman–Crippen MR) is 59.6 cm³/mol. The van der Waals surface area contributed by atoms with Crippen LogP contribution < -0.4 is 0 Å². The Morgan fingerprint density at radius 3 is 2.50 bits per heavy atom. The summed E-state index contributed by atoms with van der Waals surface area (Å²) < 4.78 is 40.3. The number of aliphatic hydroxyl groups excluding tert-OH is 1.